The van der Waals surface area contributed by atoms with E-state index >= 15 is 0 Å². The number of azide groups is 1. The Labute approximate surface area is 467 Å². The van der Waals surface area contributed by atoms with Gasteiger partial charge in [0.25, 0.3) is 0 Å². The predicted molar refractivity (Wildman–Crippen MR) is 304 cm³/mol. The molecule has 2 aromatic heterocycles. The molecule has 6 amide bonds. The van der Waals surface area contributed by atoms with Crippen LogP contribution in [0.25, 0.3) is 32.4 Å². The standard InChI is InChI=1S/C57H79N13O10/c1-4-5-15-48-66-51-52(45-12-6-7-13-46(45)64-53(51)58)70(48)37-42-18-16-41(17-19-42)36-69(35-40-10-8-11-40)57(75)80-38-43-20-22-44(23-21-43)63-54(72)47(14-9-25-61-56(59)74)65-55(73)50(39(2)3)67-49(71)24-27-76-29-31-78-33-34-79-32-30-77-28-26-62-68-60/h6-7,12-13,16-23,39-40,47,50H,4-5,8-11,14-15,24-38H2,1-3H3,(H2,58,64)(H,63,72)(H,65,73)(H,67,71)(H3,59,61,74)/t47-,50-/m0/s1. The lowest BCUT2D eigenvalue weighted by atomic mass is 9.85. The molecule has 0 spiro atoms. The maximum Gasteiger partial charge on any atom is 0.410 e. The van der Waals surface area contributed by atoms with Gasteiger partial charge < -0.3 is 65.9 Å². The monoisotopic (exact) mass is 1110 g/mol. The molecule has 6 rings (SSSR count). The molecule has 1 aliphatic carbocycles. The van der Waals surface area contributed by atoms with Crippen LogP contribution in [0.1, 0.15) is 94.7 Å². The number of para-hydroxylation sites is 1. The average molecular weight is 1110 g/mol. The first-order valence-electron chi connectivity index (χ1n) is 27.7. The highest BCUT2D eigenvalue weighted by Crippen LogP contribution is 2.31. The highest BCUT2D eigenvalue weighted by Gasteiger charge is 2.30. The molecular formula is C57H79N13O10. The Hall–Kier alpha value is -7.56. The molecule has 80 heavy (non-hydrogen) atoms. The van der Waals surface area contributed by atoms with Crippen LogP contribution in [0.2, 0.25) is 0 Å². The molecule has 2 heterocycles. The number of nitrogen functional groups attached to an aromatic ring is 1. The zero-order chi connectivity index (χ0) is 57.1. The van der Waals surface area contributed by atoms with Crippen LogP contribution in [0.3, 0.4) is 0 Å². The Morgan fingerprint density at radius 3 is 2.14 bits per heavy atom. The van der Waals surface area contributed by atoms with Crippen molar-refractivity contribution in [1.29, 1.82) is 0 Å². The molecule has 432 valence electrons. The van der Waals surface area contributed by atoms with Gasteiger partial charge in [-0.05, 0) is 84.4 Å². The Morgan fingerprint density at radius 2 is 1.49 bits per heavy atom. The number of imidazole rings is 1. The van der Waals surface area contributed by atoms with E-state index in [-0.39, 0.29) is 51.7 Å². The van der Waals surface area contributed by atoms with E-state index in [0.717, 1.165) is 77.4 Å². The van der Waals surface area contributed by atoms with Gasteiger partial charge in [-0.2, -0.15) is 0 Å². The van der Waals surface area contributed by atoms with Crippen LogP contribution >= 0.6 is 0 Å². The number of urea groups is 1. The van der Waals surface area contributed by atoms with Crippen LogP contribution in [0, 0.1) is 11.8 Å². The first kappa shape index (κ1) is 61.6. The number of carbonyl (C=O) groups excluding carboxylic acids is 5. The van der Waals surface area contributed by atoms with Gasteiger partial charge in [0.2, 0.25) is 17.7 Å². The maximum atomic E-state index is 13.8. The summed E-state index contributed by atoms with van der Waals surface area (Å²) in [6.07, 6.45) is 6.15. The number of ether oxygens (including phenoxy) is 5. The number of pyridine rings is 1. The van der Waals surface area contributed by atoms with Crippen LogP contribution in [0.5, 0.6) is 0 Å². The molecule has 2 atom stereocenters. The van der Waals surface area contributed by atoms with E-state index in [9.17, 15) is 24.0 Å². The molecule has 0 saturated heterocycles. The summed E-state index contributed by atoms with van der Waals surface area (Å²) in [7, 11) is 0. The summed E-state index contributed by atoms with van der Waals surface area (Å²) >= 11 is 0. The second-order valence-electron chi connectivity index (χ2n) is 20.1. The van der Waals surface area contributed by atoms with E-state index in [2.05, 4.69) is 78.1 Å². The van der Waals surface area contributed by atoms with E-state index in [1.165, 1.54) is 0 Å². The van der Waals surface area contributed by atoms with Crippen LogP contribution in [0.4, 0.5) is 21.1 Å². The van der Waals surface area contributed by atoms with E-state index in [4.69, 9.17) is 45.7 Å². The lowest BCUT2D eigenvalue weighted by Crippen LogP contribution is -2.54. The van der Waals surface area contributed by atoms with Crippen LogP contribution in [0.15, 0.2) is 77.9 Å². The number of primary amides is 1. The number of rotatable bonds is 36. The molecule has 23 nitrogen and oxygen atoms in total. The lowest BCUT2D eigenvalue weighted by molar-refractivity contribution is -0.132. The van der Waals surface area contributed by atoms with Gasteiger partial charge in [-0.15, -0.1) is 0 Å². The number of fused-ring (bicyclic) bond motifs is 3. The smallest absolute Gasteiger partial charge is 0.410 e. The number of benzene rings is 3. The van der Waals surface area contributed by atoms with Crippen molar-refractivity contribution in [2.24, 2.45) is 22.7 Å². The third-order valence-electron chi connectivity index (χ3n) is 13.6. The fourth-order valence-corrected chi connectivity index (χ4v) is 9.00. The first-order chi connectivity index (χ1) is 38.8. The molecule has 1 saturated carbocycles. The van der Waals surface area contributed by atoms with Gasteiger partial charge in [-0.3, -0.25) is 14.4 Å². The minimum absolute atomic E-state index is 0.00729. The fraction of sp³-hybridized carbons (Fsp3) is 0.526. The maximum absolute atomic E-state index is 13.8. The van der Waals surface area contributed by atoms with Crippen molar-refractivity contribution in [2.45, 2.75) is 110 Å². The molecule has 0 aliphatic heterocycles. The largest absolute Gasteiger partial charge is 0.445 e. The summed E-state index contributed by atoms with van der Waals surface area (Å²) in [5.74, 6) is 0.00161. The second kappa shape index (κ2) is 33.1. The van der Waals surface area contributed by atoms with Crippen molar-refractivity contribution in [3.63, 3.8) is 0 Å². The highest BCUT2D eigenvalue weighted by atomic mass is 16.6. The number of aryl methyl sites for hydroxylation is 1. The van der Waals surface area contributed by atoms with Gasteiger partial charge in [0.15, 0.2) is 5.82 Å². The van der Waals surface area contributed by atoms with Gasteiger partial charge in [-0.1, -0.05) is 93.3 Å². The second-order valence-corrected chi connectivity index (χ2v) is 20.1. The number of carbonyl (C=O) groups is 5. The number of hydrogen-bond donors (Lipinski definition) is 6. The summed E-state index contributed by atoms with van der Waals surface area (Å²) in [4.78, 5) is 79.6. The van der Waals surface area contributed by atoms with Crippen molar-refractivity contribution >= 4 is 63.3 Å². The Balaban J connectivity index is 0.979. The van der Waals surface area contributed by atoms with Gasteiger partial charge in [-0.25, -0.2) is 19.6 Å². The quantitative estimate of drug-likeness (QED) is 0.00996. The molecule has 5 aromatic rings. The first-order valence-corrected chi connectivity index (χ1v) is 27.7. The zero-order valence-corrected chi connectivity index (χ0v) is 46.4. The number of nitrogens with zero attached hydrogens (tertiary/aromatic N) is 7. The van der Waals surface area contributed by atoms with E-state index < -0.39 is 41.9 Å². The number of amides is 6. The van der Waals surface area contributed by atoms with Gasteiger partial charge in [0.1, 0.15) is 30.0 Å². The summed E-state index contributed by atoms with van der Waals surface area (Å²) in [5, 5.41) is 15.3. The molecule has 0 radical (unpaired) electrons. The molecule has 8 N–H and O–H groups in total. The number of anilines is 2. The Bertz CT molecular complexity index is 2820. The molecule has 1 aliphatic rings. The lowest BCUT2D eigenvalue weighted by Gasteiger charge is -2.32. The highest BCUT2D eigenvalue weighted by molar-refractivity contribution is 6.06. The van der Waals surface area contributed by atoms with Crippen LogP contribution in [-0.2, 0) is 64.2 Å². The van der Waals surface area contributed by atoms with Gasteiger partial charge in [0.05, 0.1) is 63.9 Å². The number of unbranched alkanes of at least 4 members (excludes halogenated alkanes) is 1. The minimum atomic E-state index is -1.04. The molecule has 3 aromatic carbocycles. The van der Waals surface area contributed by atoms with Crippen molar-refractivity contribution < 1.29 is 47.7 Å². The molecule has 0 unspecified atom stereocenters. The number of hydrogen-bond acceptors (Lipinski definition) is 14. The van der Waals surface area contributed by atoms with Gasteiger partial charge >= 0.3 is 12.1 Å². The summed E-state index contributed by atoms with van der Waals surface area (Å²) in [6, 6.07) is 20.5. The zero-order valence-electron chi connectivity index (χ0n) is 46.4. The number of nitrogens with two attached hydrogens (primary N) is 2. The van der Waals surface area contributed by atoms with Crippen molar-refractivity contribution in [1.82, 2.24) is 35.4 Å². The van der Waals surface area contributed by atoms with Crippen molar-refractivity contribution in [2.75, 3.05) is 83.5 Å². The number of aromatic nitrogens is 3. The SMILES string of the molecule is CCCCc1nc2c(N)nc3ccccc3c2n1Cc1ccc(CN(CC2CCC2)C(=O)OCc2ccc(NC(=O)[C@H](CCCNC(N)=O)NC(=O)[C@@H](NC(=O)CCOCCOCCOCCOCCN=[N+]=[N-])C(C)C)cc2)cc1. The summed E-state index contributed by atoms with van der Waals surface area (Å²) in [5.41, 5.74) is 25.7. The molecule has 23 heteroatoms. The Morgan fingerprint density at radius 1 is 0.825 bits per heavy atom. The summed E-state index contributed by atoms with van der Waals surface area (Å²) < 4.78 is 29.9. The topological polar surface area (TPSA) is 314 Å². The Kier molecular flexibility index (Phi) is 25.5. The fourth-order valence-electron chi connectivity index (χ4n) is 9.00. The third kappa shape index (κ3) is 20.0. The van der Waals surface area contributed by atoms with Crippen molar-refractivity contribution in [3.05, 3.63) is 106 Å². The third-order valence-corrected chi connectivity index (χ3v) is 13.6. The molecule has 1 fully saturated rings. The van der Waals surface area contributed by atoms with E-state index in [1.54, 1.807) is 43.0 Å². The predicted octanol–water partition coefficient (Wildman–Crippen LogP) is 7.28. The van der Waals surface area contributed by atoms with Crippen LogP contribution in [-0.4, -0.2) is 134 Å². The number of nitrogens with one attached hydrogen (secondary N) is 4. The van der Waals surface area contributed by atoms with E-state index in [1.807, 2.05) is 18.2 Å². The van der Waals surface area contributed by atoms with Gasteiger partial charge in [0, 0.05) is 61.6 Å². The minimum Gasteiger partial charge on any atom is -0.445 e. The average Bonchev–Trinajstić information content (AvgIpc) is 3.90. The van der Waals surface area contributed by atoms with Crippen molar-refractivity contribution in [3.8, 4) is 0 Å². The molecule has 0 bridgehead atoms. The van der Waals surface area contributed by atoms with Crippen LogP contribution < -0.4 is 32.7 Å². The van der Waals surface area contributed by atoms with E-state index in [0.29, 0.717) is 88.7 Å². The summed E-state index contributed by atoms with van der Waals surface area (Å²) in [6.45, 7) is 10.2. The normalized spacial score (nSPS) is 13.1. The molecular weight excluding hydrogens is 1030 g/mol.